The predicted molar refractivity (Wildman–Crippen MR) is 125 cm³/mol. The van der Waals surface area contributed by atoms with E-state index in [0.29, 0.717) is 0 Å². The van der Waals surface area contributed by atoms with Crippen molar-refractivity contribution in [3.05, 3.63) is 63.4 Å². The fraction of sp³-hybridized carbons (Fsp3) is 0.500. The van der Waals surface area contributed by atoms with Gasteiger partial charge in [0.2, 0.25) is 0 Å². The smallest absolute Gasteiger partial charge is 0.459 e. The van der Waals surface area contributed by atoms with Gasteiger partial charge in [0.15, 0.2) is 11.9 Å². The number of para-hydroxylation sites is 1. The predicted octanol–water partition coefficient (Wildman–Crippen LogP) is 1.66. The number of ether oxygens (including phenoxy) is 2. The quantitative estimate of drug-likeness (QED) is 0.305. The highest BCUT2D eigenvalue weighted by Crippen LogP contribution is 2.47. The first-order chi connectivity index (χ1) is 16.8. The van der Waals surface area contributed by atoms with Crippen LogP contribution in [0.15, 0.2) is 52.2 Å². The number of aliphatic hydroxyl groups is 1. The van der Waals surface area contributed by atoms with E-state index in [-0.39, 0.29) is 5.75 Å². The van der Waals surface area contributed by atoms with Gasteiger partial charge in [-0.15, -0.1) is 0 Å². The molecular formula is C22H29FN3O9P. The minimum absolute atomic E-state index is 0.152. The molecule has 1 saturated heterocycles. The van der Waals surface area contributed by atoms with E-state index in [1.807, 2.05) is 4.98 Å². The first-order valence-electron chi connectivity index (χ1n) is 11.1. The minimum Gasteiger partial charge on any atom is -0.462 e. The van der Waals surface area contributed by atoms with Crippen LogP contribution in [0.3, 0.4) is 0 Å². The molecule has 0 aliphatic carbocycles. The lowest BCUT2D eigenvalue weighted by molar-refractivity contribution is -0.149. The Labute approximate surface area is 205 Å². The van der Waals surface area contributed by atoms with Crippen molar-refractivity contribution in [1.29, 1.82) is 0 Å². The van der Waals surface area contributed by atoms with Gasteiger partial charge in [-0.3, -0.25) is 23.7 Å². The van der Waals surface area contributed by atoms with E-state index in [1.165, 1.54) is 19.1 Å². The molecule has 1 aromatic carbocycles. The van der Waals surface area contributed by atoms with Crippen molar-refractivity contribution in [3.63, 3.8) is 0 Å². The Morgan fingerprint density at radius 2 is 1.94 bits per heavy atom. The van der Waals surface area contributed by atoms with Crippen LogP contribution in [0.1, 0.15) is 33.9 Å². The second-order valence-electron chi connectivity index (χ2n) is 8.67. The van der Waals surface area contributed by atoms with Gasteiger partial charge >= 0.3 is 19.4 Å². The maximum atomic E-state index is 15.4. The first-order valence-corrected chi connectivity index (χ1v) is 12.7. The molecule has 3 rings (SSSR count). The summed E-state index contributed by atoms with van der Waals surface area (Å²) in [7, 11) is -4.30. The average molecular weight is 529 g/mol. The molecule has 2 aromatic rings. The Morgan fingerprint density at radius 1 is 1.28 bits per heavy atom. The molecule has 1 aromatic heterocycles. The zero-order chi connectivity index (χ0) is 26.7. The number of benzene rings is 1. The Hall–Kier alpha value is -2.83. The molecule has 1 aliphatic rings. The Balaban J connectivity index is 1.80. The summed E-state index contributed by atoms with van der Waals surface area (Å²) in [6, 6.07) is 7.86. The molecule has 36 heavy (non-hydrogen) atoms. The summed E-state index contributed by atoms with van der Waals surface area (Å²) in [4.78, 5) is 37.7. The van der Waals surface area contributed by atoms with Crippen molar-refractivity contribution < 1.29 is 37.4 Å². The summed E-state index contributed by atoms with van der Waals surface area (Å²) in [5.41, 5.74) is -4.12. The summed E-state index contributed by atoms with van der Waals surface area (Å²) < 4.78 is 51.4. The van der Waals surface area contributed by atoms with Crippen molar-refractivity contribution >= 4 is 13.7 Å². The lowest BCUT2D eigenvalue weighted by Gasteiger charge is -2.25. The molecular weight excluding hydrogens is 500 g/mol. The number of carbonyl (C=O) groups is 1. The maximum absolute atomic E-state index is 15.4. The maximum Gasteiger partial charge on any atom is 0.459 e. The topological polar surface area (TPSA) is 158 Å². The highest BCUT2D eigenvalue weighted by molar-refractivity contribution is 7.52. The molecule has 2 heterocycles. The fourth-order valence-electron chi connectivity index (χ4n) is 3.47. The lowest BCUT2D eigenvalue weighted by Crippen LogP contribution is -2.43. The third-order valence-electron chi connectivity index (χ3n) is 5.26. The normalized spacial score (nSPS) is 26.4. The van der Waals surface area contributed by atoms with Crippen LogP contribution in [0.2, 0.25) is 0 Å². The molecule has 0 bridgehead atoms. The number of nitrogens with zero attached hydrogens (tertiary/aromatic N) is 1. The zero-order valence-corrected chi connectivity index (χ0v) is 21.0. The van der Waals surface area contributed by atoms with Gasteiger partial charge in [0.25, 0.3) is 5.56 Å². The number of nitrogens with one attached hydrogen (secondary N) is 2. The van der Waals surface area contributed by atoms with E-state index < -0.39 is 67.8 Å². The SMILES string of the molecule is CC(C)OC(=O)[C@H](C)N[P@@](=O)(OCC1OC(n2ccc(=O)[nH]c2=O)[C@](C)(F)[C@@H]1O)Oc1ccccc1. The number of esters is 1. The number of carbonyl (C=O) groups excluding carboxylic acids is 1. The molecule has 14 heteroatoms. The van der Waals surface area contributed by atoms with Crippen molar-refractivity contribution in [2.24, 2.45) is 0 Å². The third kappa shape index (κ3) is 6.48. The van der Waals surface area contributed by atoms with E-state index >= 15 is 4.39 Å². The number of halogens is 1. The van der Waals surface area contributed by atoms with Gasteiger partial charge in [0, 0.05) is 12.3 Å². The summed E-state index contributed by atoms with van der Waals surface area (Å²) in [5.74, 6) is -0.560. The molecule has 0 spiro atoms. The van der Waals surface area contributed by atoms with E-state index in [9.17, 15) is 24.1 Å². The highest BCUT2D eigenvalue weighted by atomic mass is 31.2. The number of hydrogen-bond donors (Lipinski definition) is 3. The fourth-order valence-corrected chi connectivity index (χ4v) is 4.97. The summed E-state index contributed by atoms with van der Waals surface area (Å²) in [6.07, 6.45) is -4.21. The van der Waals surface area contributed by atoms with Crippen molar-refractivity contribution in [1.82, 2.24) is 14.6 Å². The third-order valence-corrected chi connectivity index (χ3v) is 6.90. The van der Waals surface area contributed by atoms with Crippen LogP contribution in [-0.4, -0.2) is 57.3 Å². The summed E-state index contributed by atoms with van der Waals surface area (Å²) in [5, 5.41) is 13.0. The monoisotopic (exact) mass is 529 g/mol. The number of aromatic nitrogens is 2. The standard InChI is InChI=1S/C22H29FN3O9P/c1-13(2)33-19(29)14(3)25-36(31,35-15-8-6-5-7-9-15)32-12-16-18(28)22(4,23)20(34-16)26-11-10-17(27)24-21(26)30/h5-11,13-14,16,18,20,28H,12H2,1-4H3,(H,25,31)(H,24,27,30)/t14-,16?,18+,20?,22+,36+/m0/s1. The first kappa shape index (κ1) is 27.8. The van der Waals surface area contributed by atoms with E-state index in [1.54, 1.807) is 32.0 Å². The number of aliphatic hydroxyl groups excluding tert-OH is 1. The summed E-state index contributed by atoms with van der Waals surface area (Å²) >= 11 is 0. The van der Waals surface area contributed by atoms with Gasteiger partial charge in [0.05, 0.1) is 12.7 Å². The number of hydrogen-bond acceptors (Lipinski definition) is 9. The van der Waals surface area contributed by atoms with Crippen LogP contribution in [0.4, 0.5) is 4.39 Å². The van der Waals surface area contributed by atoms with Gasteiger partial charge < -0.3 is 19.1 Å². The number of H-pyrrole nitrogens is 1. The molecule has 3 N–H and O–H groups in total. The van der Waals surface area contributed by atoms with E-state index in [2.05, 4.69) is 5.09 Å². The highest BCUT2D eigenvalue weighted by Gasteiger charge is 2.55. The van der Waals surface area contributed by atoms with Gasteiger partial charge in [-0.1, -0.05) is 18.2 Å². The molecule has 12 nitrogen and oxygen atoms in total. The van der Waals surface area contributed by atoms with Crippen LogP contribution >= 0.6 is 7.75 Å². The van der Waals surface area contributed by atoms with Crippen LogP contribution < -0.4 is 20.9 Å². The van der Waals surface area contributed by atoms with Crippen molar-refractivity contribution in [2.75, 3.05) is 6.61 Å². The minimum atomic E-state index is -4.30. The molecule has 6 atom stereocenters. The van der Waals surface area contributed by atoms with Crippen LogP contribution in [0.25, 0.3) is 0 Å². The molecule has 0 amide bonds. The molecule has 1 fully saturated rings. The van der Waals surface area contributed by atoms with Crippen LogP contribution in [-0.2, 0) is 23.4 Å². The van der Waals surface area contributed by atoms with Crippen molar-refractivity contribution in [2.45, 2.75) is 63.9 Å². The second kappa shape index (κ2) is 11.1. The Bertz CT molecular complexity index is 1220. The Kier molecular flexibility index (Phi) is 8.52. The summed E-state index contributed by atoms with van der Waals surface area (Å²) in [6.45, 7) is 5.07. The van der Waals surface area contributed by atoms with Gasteiger partial charge in [0.1, 0.15) is 24.0 Å². The van der Waals surface area contributed by atoms with Crippen LogP contribution in [0, 0.1) is 0 Å². The zero-order valence-electron chi connectivity index (χ0n) is 20.1. The number of alkyl halides is 1. The average Bonchev–Trinajstić information content (AvgIpc) is 3.01. The molecule has 0 radical (unpaired) electrons. The second-order valence-corrected chi connectivity index (χ2v) is 10.4. The van der Waals surface area contributed by atoms with Crippen molar-refractivity contribution in [3.8, 4) is 5.75 Å². The Morgan fingerprint density at radius 3 is 2.56 bits per heavy atom. The molecule has 198 valence electrons. The van der Waals surface area contributed by atoms with E-state index in [0.717, 1.165) is 23.8 Å². The van der Waals surface area contributed by atoms with Gasteiger partial charge in [-0.25, -0.2) is 13.8 Å². The largest absolute Gasteiger partial charge is 0.462 e. The van der Waals surface area contributed by atoms with Gasteiger partial charge in [-0.05, 0) is 39.8 Å². The van der Waals surface area contributed by atoms with Gasteiger partial charge in [-0.2, -0.15) is 5.09 Å². The van der Waals surface area contributed by atoms with Crippen LogP contribution in [0.5, 0.6) is 5.75 Å². The molecule has 2 unspecified atom stereocenters. The molecule has 0 saturated carbocycles. The lowest BCUT2D eigenvalue weighted by atomic mass is 9.98. The number of rotatable bonds is 10. The number of aromatic amines is 1. The molecule has 1 aliphatic heterocycles. The van der Waals surface area contributed by atoms with E-state index in [4.69, 9.17) is 18.5 Å².